The molecule has 2 N–H and O–H groups in total. The van der Waals surface area contributed by atoms with Crippen LogP contribution in [0.15, 0.2) is 48.5 Å². The van der Waals surface area contributed by atoms with Crippen LogP contribution in [0.3, 0.4) is 0 Å². The molecule has 3 rings (SSSR count). The van der Waals surface area contributed by atoms with E-state index in [1.54, 1.807) is 7.11 Å². The Balaban J connectivity index is 1.51. The van der Waals surface area contributed by atoms with E-state index in [-0.39, 0.29) is 5.91 Å². The van der Waals surface area contributed by atoms with Gasteiger partial charge in [0.2, 0.25) is 0 Å². The van der Waals surface area contributed by atoms with E-state index in [1.807, 2.05) is 48.5 Å². The van der Waals surface area contributed by atoms with Gasteiger partial charge in [0.25, 0.3) is 5.91 Å². The predicted octanol–water partition coefficient (Wildman–Crippen LogP) is 2.45. The first-order chi connectivity index (χ1) is 14.0. The van der Waals surface area contributed by atoms with Crippen LogP contribution in [-0.4, -0.2) is 32.7 Å². The van der Waals surface area contributed by atoms with E-state index in [4.69, 9.17) is 9.47 Å². The van der Waals surface area contributed by atoms with E-state index in [1.165, 1.54) is 11.3 Å². The minimum Gasteiger partial charge on any atom is -0.493 e. The molecule has 0 bridgehead atoms. The summed E-state index contributed by atoms with van der Waals surface area (Å²) < 4.78 is 11.4. The molecule has 2 atom stereocenters. The lowest BCUT2D eigenvalue weighted by Crippen LogP contribution is -3.15. The van der Waals surface area contributed by atoms with Crippen LogP contribution in [0.2, 0.25) is 0 Å². The maximum absolute atomic E-state index is 12.4. The second-order valence-corrected chi connectivity index (χ2v) is 8.32. The van der Waals surface area contributed by atoms with Crippen molar-refractivity contribution in [3.05, 3.63) is 59.7 Å². The van der Waals surface area contributed by atoms with Crippen LogP contribution < -0.4 is 19.7 Å². The summed E-state index contributed by atoms with van der Waals surface area (Å²) in [5.41, 5.74) is 2.10. The molecule has 5 heteroatoms. The summed E-state index contributed by atoms with van der Waals surface area (Å²) in [6.45, 7) is 8.25. The van der Waals surface area contributed by atoms with Crippen molar-refractivity contribution < 1.29 is 19.2 Å². The average Bonchev–Trinajstić information content (AvgIpc) is 2.71. The molecule has 2 aromatic carbocycles. The van der Waals surface area contributed by atoms with Crippen molar-refractivity contribution in [1.29, 1.82) is 0 Å². The fourth-order valence-corrected chi connectivity index (χ4v) is 4.23. The number of amides is 1. The lowest BCUT2D eigenvalue weighted by Gasteiger charge is -2.31. The lowest BCUT2D eigenvalue weighted by atomic mass is 9.92. The number of piperidine rings is 1. The molecule has 5 nitrogen and oxygen atoms in total. The fraction of sp³-hybridized carbons (Fsp3) is 0.458. The highest BCUT2D eigenvalue weighted by molar-refractivity contribution is 5.76. The number of likely N-dealkylation sites (tertiary alicyclic amines) is 1. The van der Waals surface area contributed by atoms with Crippen LogP contribution >= 0.6 is 0 Å². The molecule has 0 saturated carbocycles. The van der Waals surface area contributed by atoms with Crippen LogP contribution in [-0.2, 0) is 17.9 Å². The molecule has 1 heterocycles. The number of hydrogen-bond donors (Lipinski definition) is 2. The highest BCUT2D eigenvalue weighted by atomic mass is 16.5. The Hall–Kier alpha value is -2.53. The van der Waals surface area contributed by atoms with Crippen molar-refractivity contribution in [3.8, 4) is 11.5 Å². The summed E-state index contributed by atoms with van der Waals surface area (Å²) >= 11 is 0. The van der Waals surface area contributed by atoms with Gasteiger partial charge < -0.3 is 19.7 Å². The number of methoxy groups -OCH3 is 1. The standard InChI is InChI=1S/C24H32N2O3/c1-18-11-19(2)15-26(14-18)16-24(27)25-13-21-9-10-22(23(12-21)28-3)29-17-20-7-5-4-6-8-20/h4-10,12,18-19H,11,13-17H2,1-3H3,(H,25,27)/p+1/t18-,19-/m0/s1. The first kappa shape index (κ1) is 21.2. The molecule has 0 aromatic heterocycles. The van der Waals surface area contributed by atoms with E-state index >= 15 is 0 Å². The smallest absolute Gasteiger partial charge is 0.275 e. The Kier molecular flexibility index (Phi) is 7.53. The molecule has 29 heavy (non-hydrogen) atoms. The fourth-order valence-electron chi connectivity index (χ4n) is 4.23. The Morgan fingerprint density at radius 1 is 1.03 bits per heavy atom. The number of benzene rings is 2. The highest BCUT2D eigenvalue weighted by Gasteiger charge is 2.26. The maximum atomic E-state index is 12.4. The molecule has 0 aliphatic carbocycles. The molecular weight excluding hydrogens is 364 g/mol. The number of nitrogens with one attached hydrogen (secondary N) is 2. The van der Waals surface area contributed by atoms with Gasteiger partial charge in [-0.1, -0.05) is 50.2 Å². The van der Waals surface area contributed by atoms with Crippen LogP contribution in [0, 0.1) is 11.8 Å². The van der Waals surface area contributed by atoms with Crippen molar-refractivity contribution in [2.24, 2.45) is 11.8 Å². The molecule has 1 amide bonds. The molecule has 1 saturated heterocycles. The number of carbonyl (C=O) groups excluding carboxylic acids is 1. The first-order valence-corrected chi connectivity index (χ1v) is 10.5. The maximum Gasteiger partial charge on any atom is 0.275 e. The molecule has 1 fully saturated rings. The normalized spacial score (nSPS) is 21.4. The van der Waals surface area contributed by atoms with Crippen LogP contribution in [0.4, 0.5) is 0 Å². The molecule has 0 radical (unpaired) electrons. The van der Waals surface area contributed by atoms with Crippen molar-refractivity contribution in [3.63, 3.8) is 0 Å². The van der Waals surface area contributed by atoms with Crippen molar-refractivity contribution in [1.82, 2.24) is 5.32 Å². The second-order valence-electron chi connectivity index (χ2n) is 8.32. The van der Waals surface area contributed by atoms with Crippen molar-refractivity contribution in [2.75, 3.05) is 26.7 Å². The number of rotatable bonds is 8. The Morgan fingerprint density at radius 2 is 1.76 bits per heavy atom. The van der Waals surface area contributed by atoms with Crippen molar-refractivity contribution >= 4 is 5.91 Å². The number of quaternary nitrogens is 1. The van der Waals surface area contributed by atoms with Gasteiger partial charge in [0.05, 0.1) is 20.2 Å². The zero-order chi connectivity index (χ0) is 20.6. The first-order valence-electron chi connectivity index (χ1n) is 10.5. The summed E-state index contributed by atoms with van der Waals surface area (Å²) in [6.07, 6.45) is 1.27. The average molecular weight is 398 g/mol. The molecular formula is C24H33N2O3+. The summed E-state index contributed by atoms with van der Waals surface area (Å²) in [5.74, 6) is 2.86. The van der Waals surface area contributed by atoms with Gasteiger partial charge >= 0.3 is 0 Å². The summed E-state index contributed by atoms with van der Waals surface area (Å²) in [6, 6.07) is 15.8. The van der Waals surface area contributed by atoms with Gasteiger partial charge in [-0.3, -0.25) is 4.79 Å². The number of ether oxygens (including phenoxy) is 2. The summed E-state index contributed by atoms with van der Waals surface area (Å²) in [5, 5.41) is 3.05. The molecule has 0 spiro atoms. The molecule has 156 valence electrons. The number of carbonyl (C=O) groups is 1. The largest absolute Gasteiger partial charge is 0.493 e. The van der Waals surface area contributed by atoms with Gasteiger partial charge in [-0.25, -0.2) is 0 Å². The quantitative estimate of drug-likeness (QED) is 0.719. The summed E-state index contributed by atoms with van der Waals surface area (Å²) in [7, 11) is 1.63. The minimum atomic E-state index is 0.102. The van der Waals surface area contributed by atoms with E-state index in [2.05, 4.69) is 19.2 Å². The lowest BCUT2D eigenvalue weighted by molar-refractivity contribution is -0.904. The number of hydrogen-bond acceptors (Lipinski definition) is 3. The summed E-state index contributed by atoms with van der Waals surface area (Å²) in [4.78, 5) is 13.8. The molecule has 0 unspecified atom stereocenters. The van der Waals surface area contributed by atoms with Gasteiger partial charge in [-0.05, 0) is 29.7 Å². The van der Waals surface area contributed by atoms with Crippen LogP contribution in [0.25, 0.3) is 0 Å². The third kappa shape index (κ3) is 6.50. The topological polar surface area (TPSA) is 52.0 Å². The molecule has 1 aliphatic rings. The van der Waals surface area contributed by atoms with Crippen LogP contribution in [0.5, 0.6) is 11.5 Å². The van der Waals surface area contributed by atoms with Gasteiger partial charge in [0.1, 0.15) is 6.61 Å². The van der Waals surface area contributed by atoms with E-state index in [0.29, 0.717) is 43.0 Å². The molecule has 1 aliphatic heterocycles. The highest BCUT2D eigenvalue weighted by Crippen LogP contribution is 2.28. The monoisotopic (exact) mass is 397 g/mol. The Morgan fingerprint density at radius 3 is 2.45 bits per heavy atom. The van der Waals surface area contributed by atoms with Crippen LogP contribution in [0.1, 0.15) is 31.4 Å². The third-order valence-corrected chi connectivity index (χ3v) is 5.44. The third-order valence-electron chi connectivity index (χ3n) is 5.44. The van der Waals surface area contributed by atoms with E-state index in [0.717, 1.165) is 24.2 Å². The predicted molar refractivity (Wildman–Crippen MR) is 114 cm³/mol. The zero-order valence-corrected chi connectivity index (χ0v) is 17.7. The van der Waals surface area contributed by atoms with Crippen molar-refractivity contribution in [2.45, 2.75) is 33.4 Å². The SMILES string of the molecule is COc1cc(CNC(=O)C[NH+]2C[C@@H](C)C[C@H](C)C2)ccc1OCc1ccccc1. The zero-order valence-electron chi connectivity index (χ0n) is 17.7. The Labute approximate surface area is 174 Å². The van der Waals surface area contributed by atoms with E-state index in [9.17, 15) is 4.79 Å². The molecule has 2 aromatic rings. The van der Waals surface area contributed by atoms with Gasteiger partial charge in [-0.15, -0.1) is 0 Å². The van der Waals surface area contributed by atoms with E-state index < -0.39 is 0 Å². The van der Waals surface area contributed by atoms with Gasteiger partial charge in [-0.2, -0.15) is 0 Å². The van der Waals surface area contributed by atoms with Gasteiger partial charge in [0.15, 0.2) is 18.0 Å². The Bertz CT molecular complexity index is 784. The minimum absolute atomic E-state index is 0.102. The van der Waals surface area contributed by atoms with Gasteiger partial charge in [0, 0.05) is 18.4 Å². The second kappa shape index (κ2) is 10.3.